The highest BCUT2D eigenvalue weighted by Gasteiger charge is 2.22. The van der Waals surface area contributed by atoms with Gasteiger partial charge in [-0.2, -0.15) is 0 Å². The van der Waals surface area contributed by atoms with Crippen LogP contribution in [-0.4, -0.2) is 30.8 Å². The van der Waals surface area contributed by atoms with E-state index < -0.39 is 0 Å². The van der Waals surface area contributed by atoms with Crippen molar-refractivity contribution in [2.75, 3.05) is 19.0 Å². The molecule has 3 rings (SSSR count). The first-order chi connectivity index (χ1) is 12.5. The van der Waals surface area contributed by atoms with Gasteiger partial charge in [0.25, 0.3) is 0 Å². The number of nitrogens with zero attached hydrogens (tertiary/aromatic N) is 1. The lowest BCUT2D eigenvalue weighted by molar-refractivity contribution is 0.0599. The van der Waals surface area contributed by atoms with Gasteiger partial charge in [0.2, 0.25) is 0 Å². The van der Waals surface area contributed by atoms with Crippen molar-refractivity contribution in [2.45, 2.75) is 39.8 Å². The molecule has 1 aromatic carbocycles. The molecule has 1 unspecified atom stereocenters. The smallest absolute Gasteiger partial charge is 0.339 e. The number of anilines is 1. The van der Waals surface area contributed by atoms with Crippen LogP contribution in [0.1, 0.15) is 41.0 Å². The van der Waals surface area contributed by atoms with Crippen LogP contribution in [0, 0.1) is 6.92 Å². The lowest BCUT2D eigenvalue weighted by Gasteiger charge is -2.14. The van der Waals surface area contributed by atoms with Crippen LogP contribution in [0.2, 0.25) is 0 Å². The third kappa shape index (κ3) is 3.74. The number of benzene rings is 1. The number of fused-ring (bicyclic) bond motifs is 1. The van der Waals surface area contributed by atoms with Crippen molar-refractivity contribution in [3.8, 4) is 11.5 Å². The predicted molar refractivity (Wildman–Crippen MR) is 99.0 cm³/mol. The fraction of sp³-hybridized carbons (Fsp3) is 0.400. The van der Waals surface area contributed by atoms with Crippen molar-refractivity contribution in [2.24, 2.45) is 0 Å². The van der Waals surface area contributed by atoms with Gasteiger partial charge in [-0.1, -0.05) is 0 Å². The fourth-order valence-electron chi connectivity index (χ4n) is 3.08. The Balaban J connectivity index is 1.78. The van der Waals surface area contributed by atoms with Gasteiger partial charge >= 0.3 is 5.97 Å². The van der Waals surface area contributed by atoms with Crippen molar-refractivity contribution in [1.29, 1.82) is 0 Å². The van der Waals surface area contributed by atoms with Crippen LogP contribution in [0.25, 0.3) is 0 Å². The number of pyridine rings is 1. The van der Waals surface area contributed by atoms with Crippen molar-refractivity contribution in [1.82, 2.24) is 4.98 Å². The summed E-state index contributed by atoms with van der Waals surface area (Å²) < 4.78 is 16.4. The second-order valence-electron chi connectivity index (χ2n) is 6.31. The van der Waals surface area contributed by atoms with E-state index in [1.807, 2.05) is 13.0 Å². The number of ether oxygens (including phenoxy) is 3. The van der Waals surface area contributed by atoms with Crippen LogP contribution in [0.3, 0.4) is 0 Å². The van der Waals surface area contributed by atoms with E-state index in [9.17, 15) is 4.79 Å². The molecular weight excluding hydrogens is 332 g/mol. The standard InChI is InChI=1S/C20H24N2O4/c1-5-25-17-9-14-8-12(2)26-18(14)10-15(17)11-21-19-7-6-16(13(3)22-19)20(23)24-4/h6-7,9-10,12H,5,8,11H2,1-4H3,(H,21,22). The Morgan fingerprint density at radius 3 is 2.88 bits per heavy atom. The number of hydrogen-bond acceptors (Lipinski definition) is 6. The van der Waals surface area contributed by atoms with Crippen LogP contribution in [0.4, 0.5) is 5.82 Å². The number of aryl methyl sites for hydroxylation is 1. The Hall–Kier alpha value is -2.76. The summed E-state index contributed by atoms with van der Waals surface area (Å²) >= 11 is 0. The Morgan fingerprint density at radius 1 is 1.38 bits per heavy atom. The summed E-state index contributed by atoms with van der Waals surface area (Å²) in [6.07, 6.45) is 1.09. The van der Waals surface area contributed by atoms with Gasteiger partial charge < -0.3 is 19.5 Å². The molecule has 0 aliphatic carbocycles. The van der Waals surface area contributed by atoms with Crippen LogP contribution in [-0.2, 0) is 17.7 Å². The summed E-state index contributed by atoms with van der Waals surface area (Å²) in [5.41, 5.74) is 3.28. The molecule has 26 heavy (non-hydrogen) atoms. The molecule has 1 atom stereocenters. The molecule has 6 heteroatoms. The maximum atomic E-state index is 11.7. The number of rotatable bonds is 6. The molecule has 2 aromatic rings. The van der Waals surface area contributed by atoms with Gasteiger partial charge in [-0.3, -0.25) is 0 Å². The van der Waals surface area contributed by atoms with Crippen LogP contribution < -0.4 is 14.8 Å². The van der Waals surface area contributed by atoms with Gasteiger partial charge in [0.05, 0.1) is 25.0 Å². The first-order valence-corrected chi connectivity index (χ1v) is 8.77. The molecule has 2 heterocycles. The average molecular weight is 356 g/mol. The van der Waals surface area contributed by atoms with E-state index in [1.54, 1.807) is 19.1 Å². The van der Waals surface area contributed by atoms with E-state index in [0.717, 1.165) is 23.5 Å². The van der Waals surface area contributed by atoms with Crippen molar-refractivity contribution >= 4 is 11.8 Å². The lowest BCUT2D eigenvalue weighted by Crippen LogP contribution is -2.09. The number of methoxy groups -OCH3 is 1. The minimum atomic E-state index is -0.384. The second kappa shape index (κ2) is 7.64. The topological polar surface area (TPSA) is 69.7 Å². The number of carbonyl (C=O) groups excluding carboxylic acids is 1. The summed E-state index contributed by atoms with van der Waals surface area (Å²) in [6, 6.07) is 7.59. The minimum Gasteiger partial charge on any atom is -0.494 e. The van der Waals surface area contributed by atoms with Gasteiger partial charge in [-0.05, 0) is 45.0 Å². The molecular formula is C20H24N2O4. The fourth-order valence-corrected chi connectivity index (χ4v) is 3.08. The van der Waals surface area contributed by atoms with Crippen LogP contribution in [0.5, 0.6) is 11.5 Å². The van der Waals surface area contributed by atoms with E-state index in [-0.39, 0.29) is 12.1 Å². The Bertz CT molecular complexity index is 820. The molecule has 0 fully saturated rings. The zero-order chi connectivity index (χ0) is 18.7. The third-order valence-corrected chi connectivity index (χ3v) is 4.33. The summed E-state index contributed by atoms with van der Waals surface area (Å²) in [4.78, 5) is 16.1. The molecule has 0 spiro atoms. The summed E-state index contributed by atoms with van der Waals surface area (Å²) in [5.74, 6) is 2.08. The quantitative estimate of drug-likeness (QED) is 0.799. The van der Waals surface area contributed by atoms with Crippen LogP contribution in [0.15, 0.2) is 24.3 Å². The predicted octanol–water partition coefficient (Wildman–Crippen LogP) is 3.51. The molecule has 1 aromatic heterocycles. The third-order valence-electron chi connectivity index (χ3n) is 4.33. The van der Waals surface area contributed by atoms with Crippen LogP contribution >= 0.6 is 0 Å². The Kier molecular flexibility index (Phi) is 5.30. The number of hydrogen-bond donors (Lipinski definition) is 1. The highest BCUT2D eigenvalue weighted by atomic mass is 16.5. The van der Waals surface area contributed by atoms with E-state index in [0.29, 0.717) is 30.2 Å². The molecule has 0 bridgehead atoms. The average Bonchev–Trinajstić information content (AvgIpc) is 2.98. The normalized spacial score (nSPS) is 15.2. The number of aromatic nitrogens is 1. The number of esters is 1. The second-order valence-corrected chi connectivity index (χ2v) is 6.31. The van der Waals surface area contributed by atoms with E-state index in [2.05, 4.69) is 23.3 Å². The van der Waals surface area contributed by atoms with E-state index in [4.69, 9.17) is 14.2 Å². The SMILES string of the molecule is CCOc1cc2c(cc1CNc1ccc(C(=O)OC)c(C)n1)OC(C)C2. The molecule has 0 radical (unpaired) electrons. The molecule has 0 amide bonds. The van der Waals surface area contributed by atoms with Gasteiger partial charge in [0, 0.05) is 24.1 Å². The van der Waals surface area contributed by atoms with Gasteiger partial charge in [0.15, 0.2) is 0 Å². The monoisotopic (exact) mass is 356 g/mol. The first kappa shape index (κ1) is 18.0. The molecule has 0 saturated carbocycles. The molecule has 6 nitrogen and oxygen atoms in total. The number of nitrogens with one attached hydrogen (secondary N) is 1. The number of carbonyl (C=O) groups is 1. The molecule has 1 aliphatic heterocycles. The van der Waals surface area contributed by atoms with Crippen molar-refractivity contribution in [3.63, 3.8) is 0 Å². The van der Waals surface area contributed by atoms with Gasteiger partial charge in [-0.25, -0.2) is 9.78 Å². The van der Waals surface area contributed by atoms with Crippen molar-refractivity contribution < 1.29 is 19.0 Å². The highest BCUT2D eigenvalue weighted by molar-refractivity contribution is 5.90. The van der Waals surface area contributed by atoms with Gasteiger partial charge in [-0.15, -0.1) is 0 Å². The largest absolute Gasteiger partial charge is 0.494 e. The molecule has 0 saturated heterocycles. The Labute approximate surface area is 153 Å². The van der Waals surface area contributed by atoms with E-state index >= 15 is 0 Å². The lowest BCUT2D eigenvalue weighted by atomic mass is 10.1. The minimum absolute atomic E-state index is 0.192. The summed E-state index contributed by atoms with van der Waals surface area (Å²) in [5, 5.41) is 3.29. The maximum Gasteiger partial charge on any atom is 0.339 e. The molecule has 1 aliphatic rings. The zero-order valence-electron chi connectivity index (χ0n) is 15.6. The van der Waals surface area contributed by atoms with E-state index in [1.165, 1.54) is 12.7 Å². The molecule has 1 N–H and O–H groups in total. The zero-order valence-corrected chi connectivity index (χ0v) is 15.6. The Morgan fingerprint density at radius 2 is 2.19 bits per heavy atom. The van der Waals surface area contributed by atoms with Gasteiger partial charge in [0.1, 0.15) is 23.4 Å². The van der Waals surface area contributed by atoms with Crippen molar-refractivity contribution in [3.05, 3.63) is 46.6 Å². The summed E-state index contributed by atoms with van der Waals surface area (Å²) in [7, 11) is 1.36. The molecule has 138 valence electrons. The first-order valence-electron chi connectivity index (χ1n) is 8.77. The highest BCUT2D eigenvalue weighted by Crippen LogP contribution is 2.35. The summed E-state index contributed by atoms with van der Waals surface area (Å²) in [6.45, 7) is 6.97. The maximum absolute atomic E-state index is 11.7.